The molecule has 0 aliphatic carbocycles. The van der Waals surface area contributed by atoms with E-state index in [0.29, 0.717) is 32.6 Å². The number of nitrogens with zero attached hydrogens (tertiary/aromatic N) is 2. The number of carbonyl (C=O) groups excluding carboxylic acids is 1. The number of sulfonamides is 1. The minimum Gasteiger partial charge on any atom is -0.333 e. The summed E-state index contributed by atoms with van der Waals surface area (Å²) in [6, 6.07) is 10.2. The first-order valence-electron chi connectivity index (χ1n) is 8.23. The van der Waals surface area contributed by atoms with Crippen LogP contribution in [0.5, 0.6) is 0 Å². The number of amides is 1. The summed E-state index contributed by atoms with van der Waals surface area (Å²) in [5, 5.41) is 0.652. The highest BCUT2D eigenvalue weighted by Crippen LogP contribution is 2.32. The SMILES string of the molecule is Cc1cccc(C)c1S(=O)(=O)NC(=O)c1cn(C)c(-c2cccc(Cl)c2Cl)n1. The van der Waals surface area contributed by atoms with E-state index < -0.39 is 15.9 Å². The summed E-state index contributed by atoms with van der Waals surface area (Å²) in [5.41, 5.74) is 1.58. The molecule has 0 saturated heterocycles. The maximum Gasteiger partial charge on any atom is 0.285 e. The molecule has 28 heavy (non-hydrogen) atoms. The van der Waals surface area contributed by atoms with Crippen LogP contribution in [0.15, 0.2) is 47.5 Å². The molecular formula is C19H17Cl2N3O3S. The molecule has 0 saturated carbocycles. The summed E-state index contributed by atoms with van der Waals surface area (Å²) >= 11 is 12.3. The van der Waals surface area contributed by atoms with Crippen LogP contribution in [0.2, 0.25) is 10.0 Å². The molecule has 0 aliphatic heterocycles. The van der Waals surface area contributed by atoms with Crippen molar-refractivity contribution in [1.29, 1.82) is 0 Å². The third-order valence-electron chi connectivity index (χ3n) is 4.21. The summed E-state index contributed by atoms with van der Waals surface area (Å²) in [5.74, 6) is -0.440. The number of rotatable bonds is 4. The highest BCUT2D eigenvalue weighted by Gasteiger charge is 2.25. The van der Waals surface area contributed by atoms with Gasteiger partial charge < -0.3 is 4.57 Å². The van der Waals surface area contributed by atoms with Gasteiger partial charge in [0.1, 0.15) is 11.5 Å². The maximum atomic E-state index is 12.7. The lowest BCUT2D eigenvalue weighted by Crippen LogP contribution is -2.31. The van der Waals surface area contributed by atoms with Crippen molar-refractivity contribution in [3.8, 4) is 11.4 Å². The molecule has 6 nitrogen and oxygen atoms in total. The first kappa shape index (κ1) is 20.4. The van der Waals surface area contributed by atoms with E-state index in [9.17, 15) is 13.2 Å². The highest BCUT2D eigenvalue weighted by molar-refractivity contribution is 7.90. The predicted molar refractivity (Wildman–Crippen MR) is 109 cm³/mol. The van der Waals surface area contributed by atoms with Gasteiger partial charge in [0.05, 0.1) is 14.9 Å². The number of imidazole rings is 1. The molecule has 1 amide bonds. The monoisotopic (exact) mass is 437 g/mol. The third-order valence-corrected chi connectivity index (χ3v) is 6.66. The average molecular weight is 438 g/mol. The van der Waals surface area contributed by atoms with Crippen molar-refractivity contribution in [1.82, 2.24) is 14.3 Å². The molecule has 0 atom stereocenters. The van der Waals surface area contributed by atoms with Gasteiger partial charge in [0.15, 0.2) is 0 Å². The fraction of sp³-hybridized carbons (Fsp3) is 0.158. The zero-order valence-electron chi connectivity index (χ0n) is 15.3. The first-order valence-corrected chi connectivity index (χ1v) is 10.5. The minimum absolute atomic E-state index is 0.0524. The molecular weight excluding hydrogens is 421 g/mol. The fourth-order valence-electron chi connectivity index (χ4n) is 2.95. The van der Waals surface area contributed by atoms with Crippen LogP contribution in [0.1, 0.15) is 21.6 Å². The minimum atomic E-state index is -4.05. The smallest absolute Gasteiger partial charge is 0.285 e. The van der Waals surface area contributed by atoms with E-state index in [-0.39, 0.29) is 10.6 Å². The van der Waals surface area contributed by atoms with Crippen molar-refractivity contribution in [2.24, 2.45) is 7.05 Å². The van der Waals surface area contributed by atoms with Gasteiger partial charge in [-0.1, -0.05) is 47.5 Å². The number of halogens is 2. The number of nitrogens with one attached hydrogen (secondary N) is 1. The summed E-state index contributed by atoms with van der Waals surface area (Å²) in [7, 11) is -2.37. The van der Waals surface area contributed by atoms with Gasteiger partial charge >= 0.3 is 0 Å². The largest absolute Gasteiger partial charge is 0.333 e. The van der Waals surface area contributed by atoms with Gasteiger partial charge in [0, 0.05) is 18.8 Å². The van der Waals surface area contributed by atoms with Gasteiger partial charge in [0.2, 0.25) is 0 Å². The molecule has 9 heteroatoms. The van der Waals surface area contributed by atoms with Crippen LogP contribution in [0.4, 0.5) is 0 Å². The van der Waals surface area contributed by atoms with Gasteiger partial charge in [-0.3, -0.25) is 4.79 Å². The Kier molecular flexibility index (Phi) is 5.52. The first-order chi connectivity index (χ1) is 13.1. The van der Waals surface area contributed by atoms with Crippen molar-refractivity contribution in [2.75, 3.05) is 0 Å². The van der Waals surface area contributed by atoms with Gasteiger partial charge in [-0.15, -0.1) is 0 Å². The lowest BCUT2D eigenvalue weighted by molar-refractivity contribution is 0.0977. The molecule has 3 aromatic rings. The Balaban J connectivity index is 1.95. The standard InChI is InChI=1S/C19H17Cl2N3O3S/c1-11-6-4-7-12(2)17(11)28(26,27)23-19(25)15-10-24(3)18(22-15)13-8-5-9-14(20)16(13)21/h4-10H,1-3H3,(H,23,25). The van der Waals surface area contributed by atoms with Crippen molar-refractivity contribution in [2.45, 2.75) is 18.7 Å². The molecule has 0 fully saturated rings. The summed E-state index contributed by atoms with van der Waals surface area (Å²) in [6.45, 7) is 3.35. The topological polar surface area (TPSA) is 81.1 Å². The van der Waals surface area contributed by atoms with E-state index in [2.05, 4.69) is 9.71 Å². The number of aryl methyl sites for hydroxylation is 3. The molecule has 2 aromatic carbocycles. The Hall–Kier alpha value is -2.35. The normalized spacial score (nSPS) is 11.5. The van der Waals surface area contributed by atoms with Crippen LogP contribution in [0.25, 0.3) is 11.4 Å². The summed E-state index contributed by atoms with van der Waals surface area (Å²) in [6.07, 6.45) is 1.43. The van der Waals surface area contributed by atoms with E-state index in [0.717, 1.165) is 0 Å². The van der Waals surface area contributed by atoms with Crippen molar-refractivity contribution in [3.63, 3.8) is 0 Å². The zero-order valence-corrected chi connectivity index (χ0v) is 17.7. The summed E-state index contributed by atoms with van der Waals surface area (Å²) in [4.78, 5) is 16.9. The Labute approximate surface area is 173 Å². The van der Waals surface area contributed by atoms with Gasteiger partial charge in [-0.05, 0) is 37.1 Å². The molecule has 1 heterocycles. The molecule has 0 radical (unpaired) electrons. The van der Waals surface area contributed by atoms with Crippen LogP contribution < -0.4 is 4.72 Å². The third kappa shape index (κ3) is 3.78. The van der Waals surface area contributed by atoms with E-state index in [1.807, 2.05) is 0 Å². The number of hydrogen-bond donors (Lipinski definition) is 1. The lowest BCUT2D eigenvalue weighted by atomic mass is 10.2. The predicted octanol–water partition coefficient (Wildman–Crippen LogP) is 4.13. The van der Waals surface area contributed by atoms with Crippen LogP contribution in [0.3, 0.4) is 0 Å². The van der Waals surface area contributed by atoms with E-state index in [4.69, 9.17) is 23.2 Å². The number of hydrogen-bond acceptors (Lipinski definition) is 4. The average Bonchev–Trinajstić information content (AvgIpc) is 2.98. The molecule has 3 rings (SSSR count). The lowest BCUT2D eigenvalue weighted by Gasteiger charge is -2.11. The molecule has 1 N–H and O–H groups in total. The molecule has 1 aromatic heterocycles. The molecule has 146 valence electrons. The maximum absolute atomic E-state index is 12.7. The van der Waals surface area contributed by atoms with Crippen molar-refractivity contribution in [3.05, 3.63) is 69.5 Å². The fourth-order valence-corrected chi connectivity index (χ4v) is 4.77. The molecule has 0 unspecified atom stereocenters. The van der Waals surface area contributed by atoms with Gasteiger partial charge in [0.25, 0.3) is 15.9 Å². The Bertz CT molecular complexity index is 1170. The number of benzene rings is 2. The number of aromatic nitrogens is 2. The second-order valence-electron chi connectivity index (χ2n) is 6.32. The van der Waals surface area contributed by atoms with E-state index >= 15 is 0 Å². The second kappa shape index (κ2) is 7.58. The second-order valence-corrected chi connectivity index (χ2v) is 8.72. The Morgan fingerprint density at radius 1 is 1.07 bits per heavy atom. The van der Waals surface area contributed by atoms with Gasteiger partial charge in [-0.2, -0.15) is 0 Å². The molecule has 0 aliphatic rings. The van der Waals surface area contributed by atoms with E-state index in [1.165, 1.54) is 6.20 Å². The van der Waals surface area contributed by atoms with Crippen LogP contribution in [0, 0.1) is 13.8 Å². The van der Waals surface area contributed by atoms with Gasteiger partial charge in [-0.25, -0.2) is 18.1 Å². The summed E-state index contributed by atoms with van der Waals surface area (Å²) < 4.78 is 29.1. The highest BCUT2D eigenvalue weighted by atomic mass is 35.5. The zero-order chi connectivity index (χ0) is 20.6. The molecule has 0 spiro atoms. The van der Waals surface area contributed by atoms with Crippen LogP contribution in [-0.4, -0.2) is 23.9 Å². The number of carbonyl (C=O) groups is 1. The Morgan fingerprint density at radius 3 is 2.32 bits per heavy atom. The quantitative estimate of drug-likeness (QED) is 0.664. The van der Waals surface area contributed by atoms with Crippen LogP contribution >= 0.6 is 23.2 Å². The molecule has 0 bridgehead atoms. The van der Waals surface area contributed by atoms with Crippen LogP contribution in [-0.2, 0) is 17.1 Å². The van der Waals surface area contributed by atoms with Crippen molar-refractivity contribution >= 4 is 39.1 Å². The van der Waals surface area contributed by atoms with Crippen molar-refractivity contribution < 1.29 is 13.2 Å². The van der Waals surface area contributed by atoms with E-state index in [1.54, 1.807) is 61.9 Å². The Morgan fingerprint density at radius 2 is 1.68 bits per heavy atom.